The summed E-state index contributed by atoms with van der Waals surface area (Å²) in [5.74, 6) is 1.82. The molecule has 0 bridgehead atoms. The van der Waals surface area contributed by atoms with Gasteiger partial charge in [-0.15, -0.1) is 0 Å². The molecule has 126 valence electrons. The van der Waals surface area contributed by atoms with Gasteiger partial charge in [-0.25, -0.2) is 9.97 Å². The van der Waals surface area contributed by atoms with Crippen LogP contribution >= 0.6 is 0 Å². The van der Waals surface area contributed by atoms with E-state index in [0.717, 1.165) is 43.1 Å². The normalized spacial score (nSPS) is 20.9. The highest BCUT2D eigenvalue weighted by atomic mass is 16.2. The van der Waals surface area contributed by atoms with E-state index in [1.165, 1.54) is 12.8 Å². The molecule has 1 saturated heterocycles. The Hall–Kier alpha value is -1.69. The van der Waals surface area contributed by atoms with Crippen LogP contribution in [0.3, 0.4) is 0 Å². The summed E-state index contributed by atoms with van der Waals surface area (Å²) in [5, 5.41) is 0. The van der Waals surface area contributed by atoms with Crippen LogP contribution in [0.15, 0.2) is 0 Å². The molecule has 2 aliphatic rings. The molecule has 2 fully saturated rings. The number of carbonyl (C=O) groups is 1. The Morgan fingerprint density at radius 3 is 2.61 bits per heavy atom. The van der Waals surface area contributed by atoms with Crippen molar-refractivity contribution < 1.29 is 4.79 Å². The molecule has 1 aromatic rings. The molecule has 0 aromatic carbocycles. The van der Waals surface area contributed by atoms with Crippen LogP contribution in [0.25, 0.3) is 0 Å². The third-order valence-electron chi connectivity index (χ3n) is 4.92. The minimum Gasteiger partial charge on any atom is -0.355 e. The first kappa shape index (κ1) is 16.2. The van der Waals surface area contributed by atoms with E-state index in [4.69, 9.17) is 5.73 Å². The fourth-order valence-electron chi connectivity index (χ4n) is 3.11. The molecule has 2 N–H and O–H groups in total. The molecule has 1 aromatic heterocycles. The van der Waals surface area contributed by atoms with Crippen molar-refractivity contribution in [2.45, 2.75) is 46.1 Å². The van der Waals surface area contributed by atoms with E-state index in [2.05, 4.69) is 14.9 Å². The molecule has 6 nitrogen and oxygen atoms in total. The largest absolute Gasteiger partial charge is 0.355 e. The van der Waals surface area contributed by atoms with Crippen LogP contribution in [-0.2, 0) is 0 Å². The standard InChI is InChI=1S/C17H27N5O/c1-4-21(9-13-5-6-13)17(23)15-19-12(3)11(2)16(20-15)22-8-7-14(18)10-22/h13-14H,4-10,18H2,1-3H3/t14-/m1/s1. The summed E-state index contributed by atoms with van der Waals surface area (Å²) in [7, 11) is 0. The van der Waals surface area contributed by atoms with Gasteiger partial charge in [-0.1, -0.05) is 0 Å². The monoisotopic (exact) mass is 317 g/mol. The number of hydrogen-bond donors (Lipinski definition) is 1. The number of anilines is 1. The Bertz CT molecular complexity index is 599. The molecule has 1 aliphatic carbocycles. The number of amides is 1. The molecule has 1 amide bonds. The number of nitrogens with two attached hydrogens (primary N) is 1. The lowest BCUT2D eigenvalue weighted by Gasteiger charge is -2.23. The molecular formula is C17H27N5O. The average molecular weight is 317 g/mol. The average Bonchev–Trinajstić information content (AvgIpc) is 3.26. The molecule has 1 saturated carbocycles. The van der Waals surface area contributed by atoms with Crippen LogP contribution < -0.4 is 10.6 Å². The lowest BCUT2D eigenvalue weighted by Crippen LogP contribution is -2.35. The summed E-state index contributed by atoms with van der Waals surface area (Å²) in [6, 6.07) is 0.186. The van der Waals surface area contributed by atoms with Crippen molar-refractivity contribution in [1.29, 1.82) is 0 Å². The zero-order chi connectivity index (χ0) is 16.6. The van der Waals surface area contributed by atoms with Gasteiger partial charge in [0.1, 0.15) is 5.82 Å². The molecule has 0 spiro atoms. The van der Waals surface area contributed by atoms with E-state index >= 15 is 0 Å². The van der Waals surface area contributed by atoms with E-state index in [1.54, 1.807) is 0 Å². The first-order chi connectivity index (χ1) is 11.0. The van der Waals surface area contributed by atoms with Crippen LogP contribution in [-0.4, -0.2) is 53.0 Å². The summed E-state index contributed by atoms with van der Waals surface area (Å²) in [6.45, 7) is 9.21. The van der Waals surface area contributed by atoms with Gasteiger partial charge in [0.25, 0.3) is 5.91 Å². The summed E-state index contributed by atoms with van der Waals surface area (Å²) >= 11 is 0. The highest BCUT2D eigenvalue weighted by Crippen LogP contribution is 2.30. The second-order valence-corrected chi connectivity index (χ2v) is 6.86. The first-order valence-electron chi connectivity index (χ1n) is 8.64. The molecular weight excluding hydrogens is 290 g/mol. The van der Waals surface area contributed by atoms with Gasteiger partial charge in [-0.3, -0.25) is 4.79 Å². The zero-order valence-electron chi connectivity index (χ0n) is 14.4. The van der Waals surface area contributed by atoms with Crippen LogP contribution in [0, 0.1) is 19.8 Å². The lowest BCUT2D eigenvalue weighted by molar-refractivity contribution is 0.0744. The Kier molecular flexibility index (Phi) is 4.53. The first-order valence-corrected chi connectivity index (χ1v) is 8.64. The van der Waals surface area contributed by atoms with Gasteiger partial charge in [0.15, 0.2) is 0 Å². The van der Waals surface area contributed by atoms with E-state index < -0.39 is 0 Å². The molecule has 6 heteroatoms. The van der Waals surface area contributed by atoms with Crippen LogP contribution in [0.5, 0.6) is 0 Å². The summed E-state index contributed by atoms with van der Waals surface area (Å²) in [6.07, 6.45) is 3.43. The summed E-state index contributed by atoms with van der Waals surface area (Å²) in [5.41, 5.74) is 7.94. The Morgan fingerprint density at radius 1 is 1.30 bits per heavy atom. The minimum atomic E-state index is -0.0488. The van der Waals surface area contributed by atoms with Crippen molar-refractivity contribution >= 4 is 11.7 Å². The molecule has 0 radical (unpaired) electrons. The third-order valence-corrected chi connectivity index (χ3v) is 4.92. The number of nitrogens with zero attached hydrogens (tertiary/aromatic N) is 4. The van der Waals surface area contributed by atoms with E-state index in [1.807, 2.05) is 25.7 Å². The van der Waals surface area contributed by atoms with Gasteiger partial charge in [0.05, 0.1) is 0 Å². The quantitative estimate of drug-likeness (QED) is 0.891. The lowest BCUT2D eigenvalue weighted by atomic mass is 10.2. The number of aryl methyl sites for hydroxylation is 1. The van der Waals surface area contributed by atoms with E-state index in [9.17, 15) is 4.79 Å². The molecule has 0 unspecified atom stereocenters. The predicted molar refractivity (Wildman–Crippen MR) is 90.6 cm³/mol. The van der Waals surface area contributed by atoms with E-state index in [0.29, 0.717) is 18.3 Å². The van der Waals surface area contributed by atoms with E-state index in [-0.39, 0.29) is 11.9 Å². The highest BCUT2D eigenvalue weighted by molar-refractivity contribution is 5.91. The van der Waals surface area contributed by atoms with Gasteiger partial charge in [-0.2, -0.15) is 0 Å². The van der Waals surface area contributed by atoms with Crippen molar-refractivity contribution in [3.63, 3.8) is 0 Å². The van der Waals surface area contributed by atoms with Gasteiger partial charge in [0, 0.05) is 43.5 Å². The number of hydrogen-bond acceptors (Lipinski definition) is 5. The minimum absolute atomic E-state index is 0.0488. The molecule has 23 heavy (non-hydrogen) atoms. The van der Waals surface area contributed by atoms with Crippen LogP contribution in [0.1, 0.15) is 48.1 Å². The smallest absolute Gasteiger partial charge is 0.291 e. The summed E-state index contributed by atoms with van der Waals surface area (Å²) in [4.78, 5) is 25.9. The number of carbonyl (C=O) groups excluding carboxylic acids is 1. The van der Waals surface area contributed by atoms with Crippen molar-refractivity contribution in [2.75, 3.05) is 31.1 Å². The number of aromatic nitrogens is 2. The topological polar surface area (TPSA) is 75.4 Å². The number of rotatable bonds is 5. The van der Waals surface area contributed by atoms with Gasteiger partial charge >= 0.3 is 0 Å². The zero-order valence-corrected chi connectivity index (χ0v) is 14.4. The predicted octanol–water partition coefficient (Wildman–Crippen LogP) is 1.50. The SMILES string of the molecule is CCN(CC1CC1)C(=O)c1nc(C)c(C)c(N2CC[C@@H](N)C2)n1. The van der Waals surface area contributed by atoms with Crippen molar-refractivity contribution in [1.82, 2.24) is 14.9 Å². The van der Waals surface area contributed by atoms with Gasteiger partial charge < -0.3 is 15.5 Å². The Labute approximate surface area is 138 Å². The fourth-order valence-corrected chi connectivity index (χ4v) is 3.11. The Balaban J connectivity index is 1.86. The molecule has 3 rings (SSSR count). The second-order valence-electron chi connectivity index (χ2n) is 6.86. The summed E-state index contributed by atoms with van der Waals surface area (Å²) < 4.78 is 0. The molecule has 1 aliphatic heterocycles. The van der Waals surface area contributed by atoms with Gasteiger partial charge in [0.2, 0.25) is 5.82 Å². The third kappa shape index (κ3) is 3.47. The van der Waals surface area contributed by atoms with Crippen LogP contribution in [0.2, 0.25) is 0 Å². The van der Waals surface area contributed by atoms with Crippen LogP contribution in [0.4, 0.5) is 5.82 Å². The maximum absolute atomic E-state index is 12.8. The maximum atomic E-state index is 12.8. The van der Waals surface area contributed by atoms with Crippen molar-refractivity contribution in [3.05, 3.63) is 17.1 Å². The van der Waals surface area contributed by atoms with Crippen molar-refractivity contribution in [3.8, 4) is 0 Å². The second kappa shape index (κ2) is 6.43. The van der Waals surface area contributed by atoms with Crippen molar-refractivity contribution in [2.24, 2.45) is 11.7 Å². The molecule has 1 atom stereocenters. The molecule has 2 heterocycles. The fraction of sp³-hybridized carbons (Fsp3) is 0.706. The highest BCUT2D eigenvalue weighted by Gasteiger charge is 2.29. The maximum Gasteiger partial charge on any atom is 0.291 e. The van der Waals surface area contributed by atoms with Gasteiger partial charge in [-0.05, 0) is 46.0 Å². The Morgan fingerprint density at radius 2 is 2.04 bits per heavy atom.